The molecule has 2 aromatic carbocycles. The molecule has 0 saturated heterocycles. The van der Waals surface area contributed by atoms with Crippen LogP contribution in [-0.4, -0.2) is 15.4 Å². The first-order valence-electron chi connectivity index (χ1n) is 7.27. The summed E-state index contributed by atoms with van der Waals surface area (Å²) in [4.78, 5) is 27.4. The third-order valence-electron chi connectivity index (χ3n) is 3.73. The lowest BCUT2D eigenvalue weighted by atomic mass is 10.1. The van der Waals surface area contributed by atoms with Gasteiger partial charge in [-0.05, 0) is 37.1 Å². The van der Waals surface area contributed by atoms with Crippen LogP contribution in [0.5, 0.6) is 0 Å². The summed E-state index contributed by atoms with van der Waals surface area (Å²) in [7, 11) is 1.86. The van der Waals surface area contributed by atoms with Gasteiger partial charge in [0.25, 0.3) is 11.6 Å². The van der Waals surface area contributed by atoms with Crippen molar-refractivity contribution >= 4 is 33.1 Å². The molecule has 0 saturated carbocycles. The molecule has 122 valence electrons. The van der Waals surface area contributed by atoms with Crippen LogP contribution in [0.4, 0.5) is 5.69 Å². The van der Waals surface area contributed by atoms with Crippen molar-refractivity contribution in [1.29, 1.82) is 0 Å². The van der Waals surface area contributed by atoms with Crippen molar-refractivity contribution in [3.05, 3.63) is 68.0 Å². The fourth-order valence-corrected chi connectivity index (χ4v) is 3.89. The molecule has 0 fully saturated rings. The molecule has 0 aliphatic rings. The Morgan fingerprint density at radius 2 is 2.00 bits per heavy atom. The second-order valence-corrected chi connectivity index (χ2v) is 6.61. The van der Waals surface area contributed by atoms with Crippen molar-refractivity contribution in [2.24, 2.45) is 12.0 Å². The quantitative estimate of drug-likeness (QED) is 0.528. The number of hydrogen-bond donors (Lipinski definition) is 0. The first kappa shape index (κ1) is 16.1. The van der Waals surface area contributed by atoms with Crippen molar-refractivity contribution in [2.75, 3.05) is 0 Å². The number of aryl methyl sites for hydroxylation is 3. The number of amides is 1. The van der Waals surface area contributed by atoms with Crippen LogP contribution in [-0.2, 0) is 7.05 Å². The monoisotopic (exact) mass is 341 g/mol. The Hall–Kier alpha value is -2.80. The Bertz CT molecular complexity index is 1050. The van der Waals surface area contributed by atoms with Gasteiger partial charge in [0.05, 0.1) is 15.1 Å². The summed E-state index contributed by atoms with van der Waals surface area (Å²) in [6, 6.07) is 9.75. The highest BCUT2D eigenvalue weighted by atomic mass is 32.1. The highest BCUT2D eigenvalue weighted by Gasteiger charge is 2.12. The maximum Gasteiger partial charge on any atom is 0.279 e. The molecule has 6 nitrogen and oxygen atoms in total. The van der Waals surface area contributed by atoms with E-state index in [1.807, 2.05) is 25.5 Å². The number of aromatic nitrogens is 1. The van der Waals surface area contributed by atoms with Gasteiger partial charge in [-0.1, -0.05) is 23.5 Å². The molecule has 1 amide bonds. The summed E-state index contributed by atoms with van der Waals surface area (Å²) >= 11 is 1.43. The maximum atomic E-state index is 12.4. The number of fused-ring (bicyclic) bond motifs is 1. The SMILES string of the molecule is Cc1cc(C)c2c(c1)sc(=NC(=O)c1cccc([N+](=O)[O-])c1)n2C. The van der Waals surface area contributed by atoms with Crippen LogP contribution in [0.2, 0.25) is 0 Å². The van der Waals surface area contributed by atoms with Crippen molar-refractivity contribution < 1.29 is 9.72 Å². The lowest BCUT2D eigenvalue weighted by Crippen LogP contribution is -2.13. The number of carbonyl (C=O) groups excluding carboxylic acids is 1. The van der Waals surface area contributed by atoms with E-state index in [1.54, 1.807) is 0 Å². The zero-order valence-corrected chi connectivity index (χ0v) is 14.3. The van der Waals surface area contributed by atoms with Gasteiger partial charge in [-0.25, -0.2) is 0 Å². The summed E-state index contributed by atoms with van der Waals surface area (Å²) in [5, 5.41) is 10.8. The highest BCUT2D eigenvalue weighted by Crippen LogP contribution is 2.22. The van der Waals surface area contributed by atoms with Gasteiger partial charge in [-0.3, -0.25) is 14.9 Å². The van der Waals surface area contributed by atoms with Gasteiger partial charge in [0, 0.05) is 24.7 Å². The molecule has 0 atom stereocenters. The van der Waals surface area contributed by atoms with Crippen LogP contribution >= 0.6 is 11.3 Å². The van der Waals surface area contributed by atoms with Crippen LogP contribution in [0, 0.1) is 24.0 Å². The fraction of sp³-hybridized carbons (Fsp3) is 0.176. The fourth-order valence-electron chi connectivity index (χ4n) is 2.69. The molecule has 3 rings (SSSR count). The molecular weight excluding hydrogens is 326 g/mol. The van der Waals surface area contributed by atoms with Gasteiger partial charge in [-0.2, -0.15) is 4.99 Å². The van der Waals surface area contributed by atoms with Gasteiger partial charge >= 0.3 is 0 Å². The molecule has 1 heterocycles. The van der Waals surface area contributed by atoms with Crippen LogP contribution in [0.1, 0.15) is 21.5 Å². The van der Waals surface area contributed by atoms with E-state index in [-0.39, 0.29) is 11.3 Å². The van der Waals surface area contributed by atoms with Gasteiger partial charge in [-0.15, -0.1) is 0 Å². The molecule has 0 radical (unpaired) electrons. The minimum atomic E-state index is -0.525. The molecule has 0 N–H and O–H groups in total. The van der Waals surface area contributed by atoms with Gasteiger partial charge in [0.1, 0.15) is 0 Å². The molecule has 0 aliphatic heterocycles. The Morgan fingerprint density at radius 1 is 1.25 bits per heavy atom. The molecular formula is C17H15N3O3S. The largest absolute Gasteiger partial charge is 0.319 e. The van der Waals surface area contributed by atoms with Crippen LogP contribution in [0.15, 0.2) is 41.4 Å². The minimum Gasteiger partial charge on any atom is -0.319 e. The highest BCUT2D eigenvalue weighted by molar-refractivity contribution is 7.16. The summed E-state index contributed by atoms with van der Waals surface area (Å²) < 4.78 is 2.94. The van der Waals surface area contributed by atoms with E-state index in [4.69, 9.17) is 0 Å². The average Bonchev–Trinajstić information content (AvgIpc) is 2.83. The molecule has 0 unspecified atom stereocenters. The summed E-state index contributed by atoms with van der Waals surface area (Å²) in [6.07, 6.45) is 0. The van der Waals surface area contributed by atoms with Crippen molar-refractivity contribution in [2.45, 2.75) is 13.8 Å². The molecule has 0 bridgehead atoms. The number of rotatable bonds is 2. The smallest absolute Gasteiger partial charge is 0.279 e. The second kappa shape index (κ2) is 6.01. The van der Waals surface area contributed by atoms with Crippen molar-refractivity contribution in [3.8, 4) is 0 Å². The van der Waals surface area contributed by atoms with Crippen LogP contribution in [0.25, 0.3) is 10.2 Å². The normalized spacial score (nSPS) is 11.9. The number of thiazole rings is 1. The first-order chi connectivity index (χ1) is 11.4. The molecule has 24 heavy (non-hydrogen) atoms. The van der Waals surface area contributed by atoms with E-state index >= 15 is 0 Å². The van der Waals surface area contributed by atoms with Crippen LogP contribution in [0.3, 0.4) is 0 Å². The number of nitro benzene ring substituents is 1. The third-order valence-corrected chi connectivity index (χ3v) is 4.81. The lowest BCUT2D eigenvalue weighted by Gasteiger charge is -2.01. The summed E-state index contributed by atoms with van der Waals surface area (Å²) in [5.74, 6) is -0.491. The topological polar surface area (TPSA) is 77.5 Å². The second-order valence-electron chi connectivity index (χ2n) is 5.60. The average molecular weight is 341 g/mol. The van der Waals surface area contributed by atoms with Crippen LogP contribution < -0.4 is 4.80 Å². The molecule has 3 aromatic rings. The van der Waals surface area contributed by atoms with E-state index in [9.17, 15) is 14.9 Å². The van der Waals surface area contributed by atoms with Gasteiger partial charge < -0.3 is 4.57 Å². The number of nitro groups is 1. The molecule has 0 spiro atoms. The number of carbonyl (C=O) groups is 1. The molecule has 1 aromatic heterocycles. The predicted octanol–water partition coefficient (Wildman–Crippen LogP) is 3.51. The maximum absolute atomic E-state index is 12.4. The Labute approximate surface area is 141 Å². The van der Waals surface area contributed by atoms with E-state index in [1.165, 1.54) is 35.6 Å². The molecule has 7 heteroatoms. The zero-order valence-electron chi connectivity index (χ0n) is 13.4. The Balaban J connectivity index is 2.12. The van der Waals surface area contributed by atoms with Crippen molar-refractivity contribution in [1.82, 2.24) is 4.57 Å². The van der Waals surface area contributed by atoms with E-state index < -0.39 is 10.8 Å². The Kier molecular flexibility index (Phi) is 4.02. The summed E-state index contributed by atoms with van der Waals surface area (Å²) in [6.45, 7) is 4.05. The first-order valence-corrected chi connectivity index (χ1v) is 8.09. The zero-order chi connectivity index (χ0) is 17.4. The number of hydrogen-bond acceptors (Lipinski definition) is 4. The third kappa shape index (κ3) is 2.85. The van der Waals surface area contributed by atoms with E-state index in [0.29, 0.717) is 4.80 Å². The van der Waals surface area contributed by atoms with E-state index in [2.05, 4.69) is 17.1 Å². The van der Waals surface area contributed by atoms with Crippen molar-refractivity contribution in [3.63, 3.8) is 0 Å². The van der Waals surface area contributed by atoms with Gasteiger partial charge in [0.15, 0.2) is 4.80 Å². The number of non-ortho nitro benzene ring substituents is 1. The summed E-state index contributed by atoms with van der Waals surface area (Å²) in [5.41, 5.74) is 3.39. The number of benzene rings is 2. The molecule has 0 aliphatic carbocycles. The minimum absolute atomic E-state index is 0.122. The number of nitrogens with zero attached hydrogens (tertiary/aromatic N) is 3. The predicted molar refractivity (Wildman–Crippen MR) is 93.3 cm³/mol. The lowest BCUT2D eigenvalue weighted by molar-refractivity contribution is -0.384. The van der Waals surface area contributed by atoms with E-state index in [0.717, 1.165) is 21.3 Å². The standard InChI is InChI=1S/C17H15N3O3S/c1-10-7-11(2)15-14(8-10)24-17(19(15)3)18-16(21)12-5-4-6-13(9-12)20(22)23/h4-9H,1-3H3. The Morgan fingerprint density at radius 3 is 2.71 bits per heavy atom. The van der Waals surface area contributed by atoms with Gasteiger partial charge in [0.2, 0.25) is 0 Å².